The van der Waals surface area contributed by atoms with Gasteiger partial charge in [-0.25, -0.2) is 4.52 Å². The number of pyridine rings is 1. The van der Waals surface area contributed by atoms with Crippen LogP contribution in [-0.2, 0) is 4.79 Å². The average Bonchev–Trinajstić information content (AvgIpc) is 3.30. The van der Waals surface area contributed by atoms with E-state index in [1.807, 2.05) is 49.1 Å². The molecule has 0 bridgehead atoms. The predicted octanol–water partition coefficient (Wildman–Crippen LogP) is 4.68. The third-order valence-corrected chi connectivity index (χ3v) is 6.16. The highest BCUT2D eigenvalue weighted by molar-refractivity contribution is 6.30. The summed E-state index contributed by atoms with van der Waals surface area (Å²) in [5, 5.41) is 4.88. The summed E-state index contributed by atoms with van der Waals surface area (Å²) in [6, 6.07) is 9.68. The standard InChI is InChI=1S/C23H26ClN3O3/c1-14-11-25-27-13-19(24)10-21(23(14)27)30-16(3)18-9-22(28)26(12-18)15(2)17-5-7-20(29-4)8-6-17/h5-8,10-11,13,15-16,18H,9,12H2,1-4H3/t15-,16-,18-/m1/s1. The van der Waals surface area contributed by atoms with Gasteiger partial charge in [-0.3, -0.25) is 4.79 Å². The first-order valence-corrected chi connectivity index (χ1v) is 10.5. The molecule has 0 radical (unpaired) electrons. The minimum atomic E-state index is -0.140. The Hall–Kier alpha value is -2.73. The summed E-state index contributed by atoms with van der Waals surface area (Å²) in [6.07, 6.45) is 3.88. The number of halogens is 1. The maximum Gasteiger partial charge on any atom is 0.223 e. The van der Waals surface area contributed by atoms with E-state index in [2.05, 4.69) is 12.0 Å². The van der Waals surface area contributed by atoms with Crippen LogP contribution in [0.5, 0.6) is 11.5 Å². The van der Waals surface area contributed by atoms with Gasteiger partial charge in [0, 0.05) is 31.1 Å². The minimum absolute atomic E-state index is 0.00411. The summed E-state index contributed by atoms with van der Waals surface area (Å²) in [5.74, 6) is 1.75. The van der Waals surface area contributed by atoms with Crippen molar-refractivity contribution in [3.05, 3.63) is 58.9 Å². The Morgan fingerprint density at radius 3 is 2.67 bits per heavy atom. The Kier molecular flexibility index (Phi) is 5.60. The lowest BCUT2D eigenvalue weighted by Gasteiger charge is -2.27. The van der Waals surface area contributed by atoms with E-state index in [0.29, 0.717) is 23.7 Å². The van der Waals surface area contributed by atoms with Gasteiger partial charge in [0.15, 0.2) is 0 Å². The fourth-order valence-electron chi connectivity index (χ4n) is 4.10. The van der Waals surface area contributed by atoms with E-state index < -0.39 is 0 Å². The van der Waals surface area contributed by atoms with E-state index in [1.54, 1.807) is 24.0 Å². The number of nitrogens with zero attached hydrogens (tertiary/aromatic N) is 3. The number of hydrogen-bond acceptors (Lipinski definition) is 4. The highest BCUT2D eigenvalue weighted by atomic mass is 35.5. The topological polar surface area (TPSA) is 56.1 Å². The lowest BCUT2D eigenvalue weighted by Crippen LogP contribution is -2.31. The molecule has 4 rings (SSSR count). The molecule has 1 fully saturated rings. The Labute approximate surface area is 181 Å². The van der Waals surface area contributed by atoms with Crippen LogP contribution in [-0.4, -0.2) is 40.2 Å². The maximum atomic E-state index is 12.8. The molecule has 3 aromatic rings. The predicted molar refractivity (Wildman–Crippen MR) is 116 cm³/mol. The molecular weight excluding hydrogens is 402 g/mol. The molecule has 3 atom stereocenters. The number of ether oxygens (including phenoxy) is 2. The molecule has 1 aliphatic rings. The lowest BCUT2D eigenvalue weighted by atomic mass is 10.0. The first-order valence-electron chi connectivity index (χ1n) is 10.1. The number of aromatic nitrogens is 2. The van der Waals surface area contributed by atoms with Crippen LogP contribution in [0.3, 0.4) is 0 Å². The van der Waals surface area contributed by atoms with Gasteiger partial charge < -0.3 is 14.4 Å². The number of aryl methyl sites for hydroxylation is 1. The number of amides is 1. The Morgan fingerprint density at radius 1 is 1.23 bits per heavy atom. The number of likely N-dealkylation sites (tertiary alicyclic amines) is 1. The summed E-state index contributed by atoms with van der Waals surface area (Å²) in [7, 11) is 1.65. The molecule has 0 aliphatic carbocycles. The van der Waals surface area contributed by atoms with Crippen molar-refractivity contribution in [2.45, 2.75) is 39.3 Å². The molecule has 1 aromatic carbocycles. The molecule has 1 amide bonds. The van der Waals surface area contributed by atoms with Gasteiger partial charge in [0.25, 0.3) is 0 Å². The Balaban J connectivity index is 1.49. The van der Waals surface area contributed by atoms with Crippen LogP contribution in [0.25, 0.3) is 5.52 Å². The van der Waals surface area contributed by atoms with Gasteiger partial charge in [-0.15, -0.1) is 0 Å². The highest BCUT2D eigenvalue weighted by Crippen LogP contribution is 2.34. The zero-order valence-electron chi connectivity index (χ0n) is 17.6. The summed E-state index contributed by atoms with van der Waals surface area (Å²) in [6.45, 7) is 6.72. The van der Waals surface area contributed by atoms with E-state index in [0.717, 1.165) is 22.4 Å². The molecule has 1 saturated heterocycles. The summed E-state index contributed by atoms with van der Waals surface area (Å²) < 4.78 is 13.3. The number of rotatable bonds is 6. The highest BCUT2D eigenvalue weighted by Gasteiger charge is 2.37. The summed E-state index contributed by atoms with van der Waals surface area (Å²) in [4.78, 5) is 14.7. The number of methoxy groups -OCH3 is 1. The van der Waals surface area contributed by atoms with E-state index in [1.165, 1.54) is 0 Å². The molecular formula is C23H26ClN3O3. The van der Waals surface area contributed by atoms with E-state index in [-0.39, 0.29) is 24.0 Å². The average molecular weight is 428 g/mol. The van der Waals surface area contributed by atoms with Crippen molar-refractivity contribution in [2.75, 3.05) is 13.7 Å². The van der Waals surface area contributed by atoms with Crippen LogP contribution >= 0.6 is 11.6 Å². The van der Waals surface area contributed by atoms with Crippen LogP contribution in [0.4, 0.5) is 0 Å². The van der Waals surface area contributed by atoms with Crippen LogP contribution in [0, 0.1) is 12.8 Å². The normalized spacial score (nSPS) is 18.6. The van der Waals surface area contributed by atoms with E-state index in [9.17, 15) is 4.79 Å². The number of hydrogen-bond donors (Lipinski definition) is 0. The molecule has 7 heteroatoms. The number of carbonyl (C=O) groups is 1. The summed E-state index contributed by atoms with van der Waals surface area (Å²) in [5.41, 5.74) is 3.01. The third kappa shape index (κ3) is 3.84. The molecule has 6 nitrogen and oxygen atoms in total. The fourth-order valence-corrected chi connectivity index (χ4v) is 4.29. The zero-order chi connectivity index (χ0) is 21.4. The van der Waals surface area contributed by atoms with Gasteiger partial charge in [-0.1, -0.05) is 23.7 Å². The minimum Gasteiger partial charge on any atom is -0.497 e. The maximum absolute atomic E-state index is 12.8. The number of benzene rings is 1. The fraction of sp³-hybridized carbons (Fsp3) is 0.391. The van der Waals surface area contributed by atoms with Gasteiger partial charge in [0.1, 0.15) is 23.1 Å². The summed E-state index contributed by atoms with van der Waals surface area (Å²) >= 11 is 6.24. The first-order chi connectivity index (χ1) is 14.4. The third-order valence-electron chi connectivity index (χ3n) is 5.96. The first kappa shape index (κ1) is 20.5. The smallest absolute Gasteiger partial charge is 0.223 e. The molecule has 1 aliphatic heterocycles. The monoisotopic (exact) mass is 427 g/mol. The van der Waals surface area contributed by atoms with E-state index in [4.69, 9.17) is 21.1 Å². The van der Waals surface area contributed by atoms with Crippen molar-refractivity contribution in [3.8, 4) is 11.5 Å². The van der Waals surface area contributed by atoms with Crippen molar-refractivity contribution in [3.63, 3.8) is 0 Å². The Bertz CT molecular complexity index is 1060. The van der Waals surface area contributed by atoms with Crippen LogP contribution < -0.4 is 9.47 Å². The molecule has 0 spiro atoms. The number of carbonyl (C=O) groups excluding carboxylic acids is 1. The van der Waals surface area contributed by atoms with Crippen molar-refractivity contribution in [2.24, 2.45) is 5.92 Å². The molecule has 0 unspecified atom stereocenters. The van der Waals surface area contributed by atoms with Crippen molar-refractivity contribution in [1.29, 1.82) is 0 Å². The largest absolute Gasteiger partial charge is 0.497 e. The van der Waals surface area contributed by atoms with Crippen LogP contribution in [0.1, 0.15) is 37.4 Å². The van der Waals surface area contributed by atoms with Crippen LogP contribution in [0.15, 0.2) is 42.7 Å². The van der Waals surface area contributed by atoms with E-state index >= 15 is 0 Å². The molecule has 158 valence electrons. The van der Waals surface area contributed by atoms with Gasteiger partial charge in [0.2, 0.25) is 5.91 Å². The lowest BCUT2D eigenvalue weighted by molar-refractivity contribution is -0.129. The zero-order valence-corrected chi connectivity index (χ0v) is 18.4. The van der Waals surface area contributed by atoms with Gasteiger partial charge in [-0.05, 0) is 44.0 Å². The van der Waals surface area contributed by atoms with Crippen LogP contribution in [0.2, 0.25) is 5.02 Å². The van der Waals surface area contributed by atoms with Gasteiger partial charge in [-0.2, -0.15) is 5.10 Å². The molecule has 0 saturated carbocycles. The van der Waals surface area contributed by atoms with Crippen molar-refractivity contribution < 1.29 is 14.3 Å². The second-order valence-corrected chi connectivity index (χ2v) is 8.36. The molecule has 3 heterocycles. The van der Waals surface area contributed by atoms with Gasteiger partial charge in [0.05, 0.1) is 24.4 Å². The van der Waals surface area contributed by atoms with Gasteiger partial charge >= 0.3 is 0 Å². The van der Waals surface area contributed by atoms with Crippen molar-refractivity contribution >= 4 is 23.0 Å². The number of fused-ring (bicyclic) bond motifs is 1. The van der Waals surface area contributed by atoms with Crippen molar-refractivity contribution in [1.82, 2.24) is 14.5 Å². The molecule has 30 heavy (non-hydrogen) atoms. The quantitative estimate of drug-likeness (QED) is 0.573. The SMILES string of the molecule is COc1ccc([C@@H](C)N2C[C@H]([C@@H](C)Oc3cc(Cl)cn4ncc(C)c34)CC2=O)cc1. The molecule has 0 N–H and O–H groups in total. The second kappa shape index (κ2) is 8.19. The Morgan fingerprint density at radius 2 is 1.97 bits per heavy atom. The second-order valence-electron chi connectivity index (χ2n) is 7.93. The molecule has 2 aromatic heterocycles.